The number of hydrogen-bond acceptors (Lipinski definition) is 4. The Balaban J connectivity index is 2.34. The molecule has 1 aromatic carbocycles. The molecule has 0 radical (unpaired) electrons. The average Bonchev–Trinajstić information content (AvgIpc) is 2.72. The number of benzene rings is 1. The van der Waals surface area contributed by atoms with Crippen molar-refractivity contribution in [2.24, 2.45) is 5.73 Å². The third-order valence-corrected chi connectivity index (χ3v) is 3.87. The maximum absolute atomic E-state index is 11.6. The van der Waals surface area contributed by atoms with E-state index in [0.717, 1.165) is 16.9 Å². The lowest BCUT2D eigenvalue weighted by molar-refractivity contribution is 0.603. The molecule has 0 aliphatic heterocycles. The van der Waals surface area contributed by atoms with Gasteiger partial charge in [0.15, 0.2) is 5.16 Å². The molecule has 0 aliphatic rings. The Morgan fingerprint density at radius 3 is 2.89 bits per heavy atom. The highest BCUT2D eigenvalue weighted by atomic mass is 32.2. The molecule has 0 aliphatic carbocycles. The van der Waals surface area contributed by atoms with Gasteiger partial charge in [-0.15, -0.1) is 5.10 Å². The number of aromatic amines is 1. The van der Waals surface area contributed by atoms with Gasteiger partial charge in [-0.2, -0.15) is 0 Å². The molecule has 0 unspecified atom stereocenters. The number of hydrogen-bond donors (Lipinski definition) is 2. The molecule has 0 spiro atoms. The van der Waals surface area contributed by atoms with Crippen LogP contribution in [0.2, 0.25) is 0 Å². The van der Waals surface area contributed by atoms with E-state index in [2.05, 4.69) is 10.2 Å². The van der Waals surface area contributed by atoms with Crippen molar-refractivity contribution in [2.75, 3.05) is 0 Å². The van der Waals surface area contributed by atoms with Gasteiger partial charge in [-0.3, -0.25) is 4.57 Å². The second kappa shape index (κ2) is 6.08. The van der Waals surface area contributed by atoms with Crippen molar-refractivity contribution >= 4 is 11.8 Å². The third-order valence-electron chi connectivity index (χ3n) is 2.78. The fraction of sp³-hybridized carbons (Fsp3) is 0.385. The summed E-state index contributed by atoms with van der Waals surface area (Å²) < 4.78 is 1.66. The minimum Gasteiger partial charge on any atom is -0.324 e. The summed E-state index contributed by atoms with van der Waals surface area (Å²) in [7, 11) is 0. The zero-order valence-corrected chi connectivity index (χ0v) is 11.9. The molecule has 3 N–H and O–H groups in total. The van der Waals surface area contributed by atoms with Crippen LogP contribution in [0.3, 0.4) is 0 Å². The van der Waals surface area contributed by atoms with Crippen molar-refractivity contribution in [1.82, 2.24) is 14.8 Å². The largest absolute Gasteiger partial charge is 0.343 e. The molecule has 0 amide bonds. The highest BCUT2D eigenvalue weighted by molar-refractivity contribution is 7.99. The SMILES string of the molecule is CCCn1c(Sc2ccccc2[C@H](C)N)n[nH]c1=O. The summed E-state index contributed by atoms with van der Waals surface area (Å²) in [4.78, 5) is 12.7. The van der Waals surface area contributed by atoms with Gasteiger partial charge in [-0.1, -0.05) is 25.1 Å². The van der Waals surface area contributed by atoms with Crippen molar-refractivity contribution in [3.63, 3.8) is 0 Å². The van der Waals surface area contributed by atoms with Crippen LogP contribution in [0.4, 0.5) is 0 Å². The van der Waals surface area contributed by atoms with Gasteiger partial charge in [0.2, 0.25) is 0 Å². The summed E-state index contributed by atoms with van der Waals surface area (Å²) in [6.07, 6.45) is 0.891. The number of nitrogens with two attached hydrogens (primary N) is 1. The number of nitrogens with zero attached hydrogens (tertiary/aromatic N) is 2. The Bertz CT molecular complexity index is 603. The van der Waals surface area contributed by atoms with Gasteiger partial charge in [0.1, 0.15) is 0 Å². The topological polar surface area (TPSA) is 76.7 Å². The molecule has 0 saturated carbocycles. The number of H-pyrrole nitrogens is 1. The van der Waals surface area contributed by atoms with Crippen molar-refractivity contribution < 1.29 is 0 Å². The Hall–Kier alpha value is -1.53. The first-order valence-electron chi connectivity index (χ1n) is 6.31. The first-order chi connectivity index (χ1) is 9.13. The smallest absolute Gasteiger partial charge is 0.324 e. The van der Waals surface area contributed by atoms with Gasteiger partial charge >= 0.3 is 5.69 Å². The van der Waals surface area contributed by atoms with Crippen molar-refractivity contribution in [2.45, 2.75) is 42.9 Å². The first-order valence-corrected chi connectivity index (χ1v) is 7.12. The van der Waals surface area contributed by atoms with Crippen molar-refractivity contribution in [1.29, 1.82) is 0 Å². The molecule has 2 rings (SSSR count). The van der Waals surface area contributed by atoms with Crippen LogP contribution >= 0.6 is 11.8 Å². The van der Waals surface area contributed by atoms with Gasteiger partial charge in [0.05, 0.1) is 0 Å². The minimum absolute atomic E-state index is 0.0472. The molecule has 2 aromatic rings. The Morgan fingerprint density at radius 2 is 2.21 bits per heavy atom. The molecule has 1 aromatic heterocycles. The van der Waals surface area contributed by atoms with E-state index in [1.54, 1.807) is 4.57 Å². The van der Waals surface area contributed by atoms with Crippen LogP contribution in [0.25, 0.3) is 0 Å². The van der Waals surface area contributed by atoms with Crippen molar-refractivity contribution in [3.8, 4) is 0 Å². The molecule has 19 heavy (non-hydrogen) atoms. The summed E-state index contributed by atoms with van der Waals surface area (Å²) in [5.41, 5.74) is 6.86. The van der Waals surface area contributed by atoms with E-state index in [1.807, 2.05) is 38.1 Å². The maximum Gasteiger partial charge on any atom is 0.343 e. The van der Waals surface area contributed by atoms with Crippen LogP contribution in [0.1, 0.15) is 31.9 Å². The van der Waals surface area contributed by atoms with Crippen LogP contribution < -0.4 is 11.4 Å². The molecular formula is C13H18N4OS. The van der Waals surface area contributed by atoms with Gasteiger partial charge in [0.25, 0.3) is 0 Å². The molecule has 6 heteroatoms. The third kappa shape index (κ3) is 3.08. The summed E-state index contributed by atoms with van der Waals surface area (Å²) in [5.74, 6) is 0. The Kier molecular flexibility index (Phi) is 4.44. The molecule has 0 fully saturated rings. The summed E-state index contributed by atoms with van der Waals surface area (Å²) in [6, 6.07) is 7.88. The Labute approximate surface area is 116 Å². The van der Waals surface area contributed by atoms with E-state index in [-0.39, 0.29) is 11.7 Å². The van der Waals surface area contributed by atoms with E-state index in [4.69, 9.17) is 5.73 Å². The average molecular weight is 278 g/mol. The van der Waals surface area contributed by atoms with E-state index in [0.29, 0.717) is 11.7 Å². The molecule has 5 nitrogen and oxygen atoms in total. The second-order valence-electron chi connectivity index (χ2n) is 4.39. The van der Waals surface area contributed by atoms with Gasteiger partial charge in [-0.25, -0.2) is 9.89 Å². The van der Waals surface area contributed by atoms with Crippen LogP contribution in [-0.2, 0) is 6.54 Å². The number of rotatable bonds is 5. The molecule has 102 valence electrons. The quantitative estimate of drug-likeness (QED) is 0.878. The molecule has 0 bridgehead atoms. The van der Waals surface area contributed by atoms with Crippen LogP contribution in [0.15, 0.2) is 39.1 Å². The number of aromatic nitrogens is 3. The minimum atomic E-state index is -0.164. The van der Waals surface area contributed by atoms with E-state index in [9.17, 15) is 4.79 Å². The Morgan fingerprint density at radius 1 is 1.47 bits per heavy atom. The van der Waals surface area contributed by atoms with Crippen LogP contribution in [-0.4, -0.2) is 14.8 Å². The van der Waals surface area contributed by atoms with E-state index in [1.165, 1.54) is 11.8 Å². The predicted octanol–water partition coefficient (Wildman–Crippen LogP) is 2.15. The fourth-order valence-electron chi connectivity index (χ4n) is 1.85. The fourth-order valence-corrected chi connectivity index (χ4v) is 2.94. The monoisotopic (exact) mass is 278 g/mol. The summed E-state index contributed by atoms with van der Waals surface area (Å²) in [6.45, 7) is 4.64. The summed E-state index contributed by atoms with van der Waals surface area (Å²) in [5, 5.41) is 7.25. The molecular weight excluding hydrogens is 260 g/mol. The van der Waals surface area contributed by atoms with E-state index >= 15 is 0 Å². The predicted molar refractivity (Wildman–Crippen MR) is 76.3 cm³/mol. The van der Waals surface area contributed by atoms with Crippen molar-refractivity contribution in [3.05, 3.63) is 40.3 Å². The molecule has 0 saturated heterocycles. The highest BCUT2D eigenvalue weighted by Crippen LogP contribution is 2.30. The zero-order chi connectivity index (χ0) is 13.8. The lowest BCUT2D eigenvalue weighted by atomic mass is 10.1. The highest BCUT2D eigenvalue weighted by Gasteiger charge is 2.13. The first kappa shape index (κ1) is 13.9. The van der Waals surface area contributed by atoms with Crippen LogP contribution in [0.5, 0.6) is 0 Å². The maximum atomic E-state index is 11.6. The molecule has 1 atom stereocenters. The summed E-state index contributed by atoms with van der Waals surface area (Å²) >= 11 is 1.47. The van der Waals surface area contributed by atoms with Gasteiger partial charge in [-0.05, 0) is 36.7 Å². The van der Waals surface area contributed by atoms with E-state index < -0.39 is 0 Å². The van der Waals surface area contributed by atoms with Gasteiger partial charge in [0, 0.05) is 17.5 Å². The zero-order valence-electron chi connectivity index (χ0n) is 11.1. The normalized spacial score (nSPS) is 12.6. The second-order valence-corrected chi connectivity index (χ2v) is 5.40. The molecule has 1 heterocycles. The van der Waals surface area contributed by atoms with Gasteiger partial charge < -0.3 is 5.73 Å². The lowest BCUT2D eigenvalue weighted by Gasteiger charge is -2.11. The standard InChI is InChI=1S/C13H18N4OS/c1-3-8-17-12(18)15-16-13(17)19-11-7-5-4-6-10(11)9(2)14/h4-7,9H,3,8,14H2,1-2H3,(H,15,18)/t9-/m0/s1. The number of nitrogens with one attached hydrogen (secondary N) is 1. The lowest BCUT2D eigenvalue weighted by Crippen LogP contribution is -2.17. The van der Waals surface area contributed by atoms with Crippen LogP contribution in [0, 0.1) is 0 Å².